The largest absolute Gasteiger partial charge is 0.534 e. The Labute approximate surface area is 107 Å². The van der Waals surface area contributed by atoms with Crippen molar-refractivity contribution in [2.45, 2.75) is 29.5 Å². The van der Waals surface area contributed by atoms with E-state index in [9.17, 15) is 21.6 Å². The molecule has 1 rings (SSSR count). The summed E-state index contributed by atoms with van der Waals surface area (Å²) in [5.74, 6) is -0.562. The Morgan fingerprint density at radius 2 is 2.00 bits per heavy atom. The van der Waals surface area contributed by atoms with Crippen molar-refractivity contribution in [2.24, 2.45) is 0 Å². The number of hydrogen-bond acceptors (Lipinski definition) is 5. The Balaban J connectivity index is 3.05. The van der Waals surface area contributed by atoms with E-state index in [2.05, 4.69) is 9.17 Å². The van der Waals surface area contributed by atoms with Gasteiger partial charge < -0.3 is 4.18 Å². The van der Waals surface area contributed by atoms with Crippen LogP contribution in [-0.4, -0.2) is 24.2 Å². The van der Waals surface area contributed by atoms with Crippen LogP contribution >= 0.6 is 11.8 Å². The number of aromatic nitrogens is 1. The molecule has 0 unspecified atom stereocenters. The van der Waals surface area contributed by atoms with Gasteiger partial charge in [0, 0.05) is 11.4 Å². The molecule has 0 saturated heterocycles. The zero-order valence-corrected chi connectivity index (χ0v) is 11.1. The lowest BCUT2D eigenvalue weighted by Crippen LogP contribution is -2.28. The summed E-state index contributed by atoms with van der Waals surface area (Å²) in [4.78, 5) is 3.74. The third kappa shape index (κ3) is 3.77. The van der Waals surface area contributed by atoms with Gasteiger partial charge in [-0.3, -0.25) is 0 Å². The van der Waals surface area contributed by atoms with Crippen molar-refractivity contribution in [3.8, 4) is 5.88 Å². The van der Waals surface area contributed by atoms with Crippen LogP contribution in [0.25, 0.3) is 0 Å². The quantitative estimate of drug-likeness (QED) is 0.486. The third-order valence-electron chi connectivity index (χ3n) is 1.57. The Kier molecular flexibility index (Phi) is 4.49. The number of alkyl halides is 3. The van der Waals surface area contributed by atoms with Gasteiger partial charge in [-0.15, -0.1) is 11.8 Å². The van der Waals surface area contributed by atoms with Crippen molar-refractivity contribution in [2.75, 3.05) is 0 Å². The second-order valence-corrected chi connectivity index (χ2v) is 6.61. The lowest BCUT2D eigenvalue weighted by atomic mass is 10.5. The molecule has 0 saturated carbocycles. The smallest absolute Gasteiger partial charge is 0.354 e. The van der Waals surface area contributed by atoms with Gasteiger partial charge in [0.05, 0.1) is 4.90 Å². The van der Waals surface area contributed by atoms with E-state index < -0.39 is 21.5 Å². The van der Waals surface area contributed by atoms with Crippen molar-refractivity contribution in [3.05, 3.63) is 18.3 Å². The maximum absolute atomic E-state index is 12.2. The Morgan fingerprint density at radius 3 is 2.50 bits per heavy atom. The average molecular weight is 301 g/mol. The molecular formula is C9H10F3NO3S2. The van der Waals surface area contributed by atoms with Crippen LogP contribution in [-0.2, 0) is 10.1 Å². The van der Waals surface area contributed by atoms with Gasteiger partial charge in [-0.25, -0.2) is 4.98 Å². The average Bonchev–Trinajstić information content (AvgIpc) is 2.18. The summed E-state index contributed by atoms with van der Waals surface area (Å²) >= 11 is 1.16. The van der Waals surface area contributed by atoms with Gasteiger partial charge in [0.1, 0.15) is 0 Å². The molecular weight excluding hydrogens is 291 g/mol. The molecule has 0 atom stereocenters. The molecule has 0 aliphatic rings. The summed E-state index contributed by atoms with van der Waals surface area (Å²) in [7, 11) is -5.68. The SMILES string of the molecule is CC(C)Sc1cccnc1OS(=O)(=O)C(F)(F)F. The fourth-order valence-electron chi connectivity index (χ4n) is 0.933. The first-order valence-corrected chi connectivity index (χ1v) is 7.04. The highest BCUT2D eigenvalue weighted by Gasteiger charge is 2.49. The van der Waals surface area contributed by atoms with Crippen LogP contribution in [0.15, 0.2) is 23.2 Å². The lowest BCUT2D eigenvalue weighted by molar-refractivity contribution is -0.0502. The molecule has 1 aromatic heterocycles. The molecule has 4 nitrogen and oxygen atoms in total. The normalized spacial score (nSPS) is 12.8. The van der Waals surface area contributed by atoms with Crippen LogP contribution in [0.2, 0.25) is 0 Å². The van der Waals surface area contributed by atoms with E-state index in [-0.39, 0.29) is 10.1 Å². The molecule has 18 heavy (non-hydrogen) atoms. The van der Waals surface area contributed by atoms with Crippen LogP contribution in [0.3, 0.4) is 0 Å². The third-order valence-corrected chi connectivity index (χ3v) is 3.55. The predicted molar refractivity (Wildman–Crippen MR) is 60.8 cm³/mol. The first kappa shape index (κ1) is 15.1. The zero-order valence-electron chi connectivity index (χ0n) is 9.43. The van der Waals surface area contributed by atoms with Gasteiger partial charge in [-0.2, -0.15) is 21.6 Å². The van der Waals surface area contributed by atoms with Gasteiger partial charge in [0.25, 0.3) is 0 Å². The second kappa shape index (κ2) is 5.35. The predicted octanol–water partition coefficient (Wildman–Crippen LogP) is 2.81. The molecule has 0 bridgehead atoms. The van der Waals surface area contributed by atoms with Crippen molar-refractivity contribution in [3.63, 3.8) is 0 Å². The van der Waals surface area contributed by atoms with Gasteiger partial charge in [-0.05, 0) is 12.1 Å². The first-order valence-electron chi connectivity index (χ1n) is 4.76. The summed E-state index contributed by atoms with van der Waals surface area (Å²) in [6.07, 6.45) is 1.16. The van der Waals surface area contributed by atoms with Crippen LogP contribution in [0.5, 0.6) is 5.88 Å². The first-order chi connectivity index (χ1) is 8.13. The summed E-state index contributed by atoms with van der Waals surface area (Å²) in [5, 5.41) is 0.0464. The molecule has 0 N–H and O–H groups in total. The van der Waals surface area contributed by atoms with Gasteiger partial charge in [0.2, 0.25) is 5.88 Å². The minimum Gasteiger partial charge on any atom is -0.354 e. The molecule has 0 aliphatic heterocycles. The number of rotatable bonds is 4. The van der Waals surface area contributed by atoms with Crippen molar-refractivity contribution < 1.29 is 25.8 Å². The molecule has 0 radical (unpaired) electrons. The van der Waals surface area contributed by atoms with E-state index in [1.807, 2.05) is 0 Å². The summed E-state index contributed by atoms with van der Waals surface area (Å²) in [6.45, 7) is 3.61. The molecule has 1 aromatic rings. The molecule has 9 heteroatoms. The fraction of sp³-hybridized carbons (Fsp3) is 0.444. The topological polar surface area (TPSA) is 56.3 Å². The van der Waals surface area contributed by atoms with Crippen LogP contribution < -0.4 is 4.18 Å². The summed E-state index contributed by atoms with van der Waals surface area (Å²) < 4.78 is 62.2. The van der Waals surface area contributed by atoms with E-state index >= 15 is 0 Å². The molecule has 0 amide bonds. The molecule has 0 aromatic carbocycles. The molecule has 0 fully saturated rings. The minimum absolute atomic E-state index is 0.0464. The molecule has 102 valence electrons. The maximum atomic E-state index is 12.2. The molecule has 0 spiro atoms. The second-order valence-electron chi connectivity index (χ2n) is 3.46. The van der Waals surface area contributed by atoms with E-state index in [4.69, 9.17) is 0 Å². The monoisotopic (exact) mass is 301 g/mol. The number of pyridine rings is 1. The van der Waals surface area contributed by atoms with Crippen molar-refractivity contribution >= 4 is 21.9 Å². The van der Waals surface area contributed by atoms with Crippen LogP contribution in [0.4, 0.5) is 13.2 Å². The molecule has 1 heterocycles. The van der Waals surface area contributed by atoms with Crippen LogP contribution in [0.1, 0.15) is 13.8 Å². The Hall–Kier alpha value is -0.960. The minimum atomic E-state index is -5.68. The van der Waals surface area contributed by atoms with Gasteiger partial charge in [-0.1, -0.05) is 13.8 Å². The lowest BCUT2D eigenvalue weighted by Gasteiger charge is -2.12. The Bertz CT molecular complexity index is 514. The highest BCUT2D eigenvalue weighted by molar-refractivity contribution is 8.00. The zero-order chi connectivity index (χ0) is 14.0. The van der Waals surface area contributed by atoms with E-state index in [1.165, 1.54) is 12.1 Å². The van der Waals surface area contributed by atoms with Gasteiger partial charge >= 0.3 is 15.6 Å². The summed E-state index contributed by atoms with van der Waals surface area (Å²) in [6, 6.07) is 2.93. The number of thioether (sulfide) groups is 1. The highest BCUT2D eigenvalue weighted by Crippen LogP contribution is 2.33. The number of halogens is 3. The van der Waals surface area contributed by atoms with Crippen molar-refractivity contribution in [1.29, 1.82) is 0 Å². The molecule has 0 aliphatic carbocycles. The maximum Gasteiger partial charge on any atom is 0.534 e. The van der Waals surface area contributed by atoms with E-state index in [0.29, 0.717) is 0 Å². The number of nitrogens with zero attached hydrogens (tertiary/aromatic N) is 1. The number of hydrogen-bond donors (Lipinski definition) is 0. The van der Waals surface area contributed by atoms with E-state index in [0.717, 1.165) is 18.0 Å². The highest BCUT2D eigenvalue weighted by atomic mass is 32.2. The summed E-state index contributed by atoms with van der Waals surface area (Å²) in [5.41, 5.74) is -5.47. The Morgan fingerprint density at radius 1 is 1.39 bits per heavy atom. The van der Waals surface area contributed by atoms with Crippen LogP contribution in [0, 0.1) is 0 Å². The standard InChI is InChI=1S/C9H10F3NO3S2/c1-6(2)17-7-4-3-5-13-8(7)16-18(14,15)9(10,11)12/h3-6H,1-2H3. The van der Waals surface area contributed by atoms with Gasteiger partial charge in [0.15, 0.2) is 0 Å². The van der Waals surface area contributed by atoms with Crippen molar-refractivity contribution in [1.82, 2.24) is 4.98 Å². The fourth-order valence-corrected chi connectivity index (χ4v) is 2.28. The van der Waals surface area contributed by atoms with E-state index in [1.54, 1.807) is 13.8 Å².